The lowest BCUT2D eigenvalue weighted by Crippen LogP contribution is -2.49. The molecule has 0 radical (unpaired) electrons. The molecule has 25 heavy (non-hydrogen) atoms. The number of nitrogens with one attached hydrogen (secondary N) is 1. The summed E-state index contributed by atoms with van der Waals surface area (Å²) in [5, 5.41) is 2.73. The molecule has 3 heterocycles. The number of carbonyl (C=O) groups excluding carboxylic acids is 2. The fraction of sp³-hybridized carbons (Fsp3) is 0.294. The van der Waals surface area contributed by atoms with Crippen LogP contribution in [0.15, 0.2) is 36.7 Å². The molecular formula is C17H17N5O3. The van der Waals surface area contributed by atoms with Crippen molar-refractivity contribution in [2.75, 3.05) is 43.0 Å². The van der Waals surface area contributed by atoms with Crippen molar-refractivity contribution in [1.29, 1.82) is 0 Å². The van der Waals surface area contributed by atoms with Crippen molar-refractivity contribution in [2.24, 2.45) is 0 Å². The van der Waals surface area contributed by atoms with Crippen LogP contribution >= 0.6 is 0 Å². The molecule has 8 nitrogen and oxygen atoms in total. The predicted molar refractivity (Wildman–Crippen MR) is 90.7 cm³/mol. The number of aromatic nitrogens is 2. The van der Waals surface area contributed by atoms with E-state index < -0.39 is 0 Å². The fourth-order valence-electron chi connectivity index (χ4n) is 3.02. The number of benzene rings is 1. The number of para-hydroxylation sites is 1. The second-order valence-electron chi connectivity index (χ2n) is 5.85. The van der Waals surface area contributed by atoms with Crippen molar-refractivity contribution in [3.8, 4) is 5.75 Å². The van der Waals surface area contributed by atoms with E-state index >= 15 is 0 Å². The minimum atomic E-state index is -0.214. The van der Waals surface area contributed by atoms with Crippen LogP contribution in [-0.2, 0) is 4.79 Å². The average molecular weight is 339 g/mol. The molecule has 0 aliphatic carbocycles. The Labute approximate surface area is 144 Å². The number of hydrogen-bond acceptors (Lipinski definition) is 6. The lowest BCUT2D eigenvalue weighted by Gasteiger charge is -2.35. The molecule has 1 N–H and O–H groups in total. The van der Waals surface area contributed by atoms with E-state index in [-0.39, 0.29) is 18.4 Å². The van der Waals surface area contributed by atoms with Crippen LogP contribution in [-0.4, -0.2) is 59.5 Å². The maximum absolute atomic E-state index is 12.9. The van der Waals surface area contributed by atoms with Gasteiger partial charge in [0, 0.05) is 38.6 Å². The second kappa shape index (κ2) is 6.39. The van der Waals surface area contributed by atoms with Gasteiger partial charge in [0.2, 0.25) is 5.95 Å². The van der Waals surface area contributed by atoms with Crippen molar-refractivity contribution in [3.05, 3.63) is 42.2 Å². The zero-order valence-electron chi connectivity index (χ0n) is 13.5. The van der Waals surface area contributed by atoms with Gasteiger partial charge >= 0.3 is 0 Å². The van der Waals surface area contributed by atoms with Gasteiger partial charge in [-0.15, -0.1) is 0 Å². The topological polar surface area (TPSA) is 87.7 Å². The summed E-state index contributed by atoms with van der Waals surface area (Å²) < 4.78 is 5.48. The Morgan fingerprint density at radius 3 is 2.60 bits per heavy atom. The molecule has 1 aromatic heterocycles. The Bertz CT molecular complexity index is 803. The normalized spacial score (nSPS) is 16.7. The molecular weight excluding hydrogens is 322 g/mol. The highest BCUT2D eigenvalue weighted by atomic mass is 16.5. The maximum Gasteiger partial charge on any atom is 0.262 e. The van der Waals surface area contributed by atoms with Gasteiger partial charge in [-0.3, -0.25) is 9.59 Å². The van der Waals surface area contributed by atoms with Crippen molar-refractivity contribution < 1.29 is 14.3 Å². The number of amides is 2. The van der Waals surface area contributed by atoms with Gasteiger partial charge in [0.25, 0.3) is 11.8 Å². The summed E-state index contributed by atoms with van der Waals surface area (Å²) in [5.74, 6) is 0.814. The Morgan fingerprint density at radius 2 is 1.84 bits per heavy atom. The summed E-state index contributed by atoms with van der Waals surface area (Å²) >= 11 is 0. The molecule has 8 heteroatoms. The van der Waals surface area contributed by atoms with Crippen molar-refractivity contribution in [3.63, 3.8) is 0 Å². The summed E-state index contributed by atoms with van der Waals surface area (Å²) in [6.07, 6.45) is 3.42. The van der Waals surface area contributed by atoms with E-state index in [0.717, 1.165) is 0 Å². The molecule has 2 aliphatic heterocycles. The van der Waals surface area contributed by atoms with E-state index in [1.54, 1.807) is 41.6 Å². The summed E-state index contributed by atoms with van der Waals surface area (Å²) in [6.45, 7) is 2.42. The Hall–Kier alpha value is -3.16. The summed E-state index contributed by atoms with van der Waals surface area (Å²) in [4.78, 5) is 36.6. The Kier molecular flexibility index (Phi) is 3.93. The number of ether oxygens (including phenoxy) is 1. The quantitative estimate of drug-likeness (QED) is 0.870. The summed E-state index contributed by atoms with van der Waals surface area (Å²) in [7, 11) is 0. The third-order valence-electron chi connectivity index (χ3n) is 4.27. The second-order valence-corrected chi connectivity index (χ2v) is 5.85. The first-order valence-corrected chi connectivity index (χ1v) is 8.09. The molecule has 2 aliphatic rings. The standard InChI is InChI=1S/C17H17N5O3/c23-14-11-25-15-12(3-1-4-13(15)20-14)16(24)21-7-9-22(10-8-21)17-18-5-2-6-19-17/h1-6H,7-11H2,(H,20,23). The maximum atomic E-state index is 12.9. The van der Waals surface area contributed by atoms with Crippen LogP contribution in [0.2, 0.25) is 0 Å². The lowest BCUT2D eigenvalue weighted by atomic mass is 10.1. The predicted octanol–water partition coefficient (Wildman–Crippen LogP) is 0.770. The van der Waals surface area contributed by atoms with Gasteiger partial charge in [-0.2, -0.15) is 0 Å². The van der Waals surface area contributed by atoms with E-state index in [1.165, 1.54) is 0 Å². The highest BCUT2D eigenvalue weighted by Crippen LogP contribution is 2.32. The fourth-order valence-corrected chi connectivity index (χ4v) is 3.02. The van der Waals surface area contributed by atoms with Gasteiger partial charge in [0.1, 0.15) is 0 Å². The monoisotopic (exact) mass is 339 g/mol. The summed E-state index contributed by atoms with van der Waals surface area (Å²) in [5.41, 5.74) is 1.01. The van der Waals surface area contributed by atoms with E-state index in [1.807, 2.05) is 0 Å². The first-order valence-electron chi connectivity index (χ1n) is 8.09. The number of anilines is 2. The molecule has 0 spiro atoms. The molecule has 128 valence electrons. The largest absolute Gasteiger partial charge is 0.481 e. The molecule has 1 aromatic carbocycles. The molecule has 2 amide bonds. The van der Waals surface area contributed by atoms with Crippen LogP contribution in [0.3, 0.4) is 0 Å². The zero-order valence-corrected chi connectivity index (χ0v) is 13.5. The zero-order chi connectivity index (χ0) is 17.2. The van der Waals surface area contributed by atoms with Gasteiger partial charge in [-0.1, -0.05) is 6.07 Å². The molecule has 2 aromatic rings. The Balaban J connectivity index is 1.48. The van der Waals surface area contributed by atoms with Crippen LogP contribution in [0.1, 0.15) is 10.4 Å². The average Bonchev–Trinajstić information content (AvgIpc) is 2.67. The summed E-state index contributed by atoms with van der Waals surface area (Å²) in [6, 6.07) is 6.98. The van der Waals surface area contributed by atoms with Crippen LogP contribution in [0.4, 0.5) is 11.6 Å². The van der Waals surface area contributed by atoms with Gasteiger partial charge in [0.15, 0.2) is 12.4 Å². The van der Waals surface area contributed by atoms with Crippen LogP contribution in [0, 0.1) is 0 Å². The van der Waals surface area contributed by atoms with E-state index in [4.69, 9.17) is 4.74 Å². The van der Waals surface area contributed by atoms with Crippen LogP contribution in [0.5, 0.6) is 5.75 Å². The highest BCUT2D eigenvalue weighted by Gasteiger charge is 2.28. The smallest absolute Gasteiger partial charge is 0.262 e. The number of carbonyl (C=O) groups is 2. The minimum absolute atomic E-state index is 0.0730. The van der Waals surface area contributed by atoms with Crippen LogP contribution in [0.25, 0.3) is 0 Å². The van der Waals surface area contributed by atoms with E-state index in [9.17, 15) is 9.59 Å². The molecule has 4 rings (SSSR count). The number of nitrogens with zero attached hydrogens (tertiary/aromatic N) is 4. The first-order chi connectivity index (χ1) is 12.2. The van der Waals surface area contributed by atoms with Crippen molar-refractivity contribution in [1.82, 2.24) is 14.9 Å². The van der Waals surface area contributed by atoms with Gasteiger partial charge in [-0.25, -0.2) is 9.97 Å². The number of fused-ring (bicyclic) bond motifs is 1. The SMILES string of the molecule is O=C1COc2c(cccc2C(=O)N2CCN(c3ncccn3)CC2)N1. The molecule has 0 saturated carbocycles. The third-order valence-corrected chi connectivity index (χ3v) is 4.27. The molecule has 1 fully saturated rings. The van der Waals surface area contributed by atoms with Crippen molar-refractivity contribution in [2.45, 2.75) is 0 Å². The third kappa shape index (κ3) is 2.98. The molecule has 1 saturated heterocycles. The number of piperazine rings is 1. The Morgan fingerprint density at radius 1 is 1.08 bits per heavy atom. The van der Waals surface area contributed by atoms with E-state index in [0.29, 0.717) is 49.1 Å². The lowest BCUT2D eigenvalue weighted by molar-refractivity contribution is -0.118. The first kappa shape index (κ1) is 15.4. The van der Waals surface area contributed by atoms with Gasteiger partial charge in [-0.05, 0) is 18.2 Å². The number of hydrogen-bond donors (Lipinski definition) is 1. The number of rotatable bonds is 2. The minimum Gasteiger partial charge on any atom is -0.481 e. The van der Waals surface area contributed by atoms with E-state index in [2.05, 4.69) is 20.2 Å². The van der Waals surface area contributed by atoms with Gasteiger partial charge in [0.05, 0.1) is 11.3 Å². The molecule has 0 atom stereocenters. The van der Waals surface area contributed by atoms with Crippen molar-refractivity contribution >= 4 is 23.5 Å². The molecule has 0 bridgehead atoms. The highest BCUT2D eigenvalue weighted by molar-refractivity contribution is 6.03. The van der Waals surface area contributed by atoms with Gasteiger partial charge < -0.3 is 19.9 Å². The molecule has 0 unspecified atom stereocenters. The van der Waals surface area contributed by atoms with Crippen LogP contribution < -0.4 is 15.0 Å².